The molecule has 0 bridgehead atoms. The van der Waals surface area contributed by atoms with Gasteiger partial charge in [-0.2, -0.15) is 0 Å². The van der Waals surface area contributed by atoms with E-state index in [0.717, 1.165) is 5.56 Å². The van der Waals surface area contributed by atoms with E-state index in [1.807, 2.05) is 0 Å². The summed E-state index contributed by atoms with van der Waals surface area (Å²) >= 11 is 0. The molecule has 21 heavy (non-hydrogen) atoms. The lowest BCUT2D eigenvalue weighted by molar-refractivity contribution is -0.131. The molecule has 0 aliphatic heterocycles. The van der Waals surface area contributed by atoms with Crippen molar-refractivity contribution in [2.45, 2.75) is 6.92 Å². The molecule has 2 aromatic rings. The Hall–Kier alpha value is -2.95. The Balaban J connectivity index is 2.06. The molecule has 5 heteroatoms. The van der Waals surface area contributed by atoms with Crippen molar-refractivity contribution < 1.29 is 19.4 Å². The molecule has 0 aliphatic rings. The molecule has 0 fully saturated rings. The number of carbonyl (C=O) groups excluding carboxylic acids is 1. The monoisotopic (exact) mass is 283 g/mol. The van der Waals surface area contributed by atoms with E-state index in [1.165, 1.54) is 19.1 Å². The molecule has 0 saturated carbocycles. The SMILES string of the molecule is CC(=O)Oc1ccc(C=Nc2ccc(C(=O)O)cc2)cc1. The van der Waals surface area contributed by atoms with Crippen molar-refractivity contribution in [2.24, 2.45) is 4.99 Å². The van der Waals surface area contributed by atoms with Gasteiger partial charge in [0.1, 0.15) is 5.75 Å². The molecule has 0 atom stereocenters. The van der Waals surface area contributed by atoms with Gasteiger partial charge < -0.3 is 9.84 Å². The summed E-state index contributed by atoms with van der Waals surface area (Å²) in [4.78, 5) is 25.8. The molecule has 2 rings (SSSR count). The zero-order valence-electron chi connectivity index (χ0n) is 11.3. The summed E-state index contributed by atoms with van der Waals surface area (Å²) in [5, 5.41) is 8.80. The van der Waals surface area contributed by atoms with E-state index in [0.29, 0.717) is 11.4 Å². The van der Waals surface area contributed by atoms with Crippen LogP contribution in [0.1, 0.15) is 22.8 Å². The molecule has 0 amide bonds. The second kappa shape index (κ2) is 6.47. The average molecular weight is 283 g/mol. The zero-order chi connectivity index (χ0) is 15.2. The van der Waals surface area contributed by atoms with E-state index in [9.17, 15) is 9.59 Å². The number of hydrogen-bond donors (Lipinski definition) is 1. The Morgan fingerprint density at radius 3 is 2.19 bits per heavy atom. The smallest absolute Gasteiger partial charge is 0.335 e. The summed E-state index contributed by atoms with van der Waals surface area (Å²) < 4.78 is 4.93. The van der Waals surface area contributed by atoms with Gasteiger partial charge in [0.25, 0.3) is 0 Å². The predicted molar refractivity (Wildman–Crippen MR) is 78.4 cm³/mol. The first-order valence-electron chi connectivity index (χ1n) is 6.20. The van der Waals surface area contributed by atoms with E-state index in [1.54, 1.807) is 42.6 Å². The minimum atomic E-state index is -0.966. The molecular weight excluding hydrogens is 270 g/mol. The van der Waals surface area contributed by atoms with Gasteiger partial charge in [0.2, 0.25) is 0 Å². The fourth-order valence-electron chi connectivity index (χ4n) is 1.63. The van der Waals surface area contributed by atoms with E-state index < -0.39 is 5.97 Å². The number of carboxylic acids is 1. The topological polar surface area (TPSA) is 76.0 Å². The third-order valence-corrected chi connectivity index (χ3v) is 2.62. The lowest BCUT2D eigenvalue weighted by Gasteiger charge is -2.00. The van der Waals surface area contributed by atoms with Gasteiger partial charge in [-0.05, 0) is 54.1 Å². The van der Waals surface area contributed by atoms with Crippen molar-refractivity contribution >= 4 is 23.8 Å². The maximum Gasteiger partial charge on any atom is 0.335 e. The van der Waals surface area contributed by atoms with Crippen LogP contribution in [-0.2, 0) is 4.79 Å². The summed E-state index contributed by atoms with van der Waals surface area (Å²) in [5.41, 5.74) is 1.72. The molecule has 5 nitrogen and oxygen atoms in total. The lowest BCUT2D eigenvalue weighted by Crippen LogP contribution is -2.00. The van der Waals surface area contributed by atoms with Crippen molar-refractivity contribution in [1.82, 2.24) is 0 Å². The fraction of sp³-hybridized carbons (Fsp3) is 0.0625. The van der Waals surface area contributed by atoms with Crippen LogP contribution in [0.3, 0.4) is 0 Å². The minimum absolute atomic E-state index is 0.222. The first-order chi connectivity index (χ1) is 10.0. The second-order valence-electron chi connectivity index (χ2n) is 4.27. The third-order valence-electron chi connectivity index (χ3n) is 2.62. The number of aromatic carboxylic acids is 1. The highest BCUT2D eigenvalue weighted by molar-refractivity contribution is 5.88. The van der Waals surface area contributed by atoms with Crippen molar-refractivity contribution in [2.75, 3.05) is 0 Å². The van der Waals surface area contributed by atoms with Gasteiger partial charge in [0.15, 0.2) is 0 Å². The van der Waals surface area contributed by atoms with Gasteiger partial charge in [0, 0.05) is 13.1 Å². The first-order valence-corrected chi connectivity index (χ1v) is 6.20. The fourth-order valence-corrected chi connectivity index (χ4v) is 1.63. The summed E-state index contributed by atoms with van der Waals surface area (Å²) in [6, 6.07) is 13.2. The molecule has 0 saturated heterocycles. The van der Waals surface area contributed by atoms with Gasteiger partial charge >= 0.3 is 11.9 Å². The van der Waals surface area contributed by atoms with Crippen LogP contribution in [0.15, 0.2) is 53.5 Å². The molecule has 0 aromatic heterocycles. The van der Waals surface area contributed by atoms with E-state index in [4.69, 9.17) is 9.84 Å². The normalized spacial score (nSPS) is 10.5. The quantitative estimate of drug-likeness (QED) is 0.531. The number of carbonyl (C=O) groups is 2. The van der Waals surface area contributed by atoms with Gasteiger partial charge in [-0.15, -0.1) is 0 Å². The summed E-state index contributed by atoms with van der Waals surface area (Å²) in [5.74, 6) is -0.855. The van der Waals surface area contributed by atoms with Crippen LogP contribution < -0.4 is 4.74 Å². The first kappa shape index (κ1) is 14.5. The highest BCUT2D eigenvalue weighted by Crippen LogP contribution is 2.15. The average Bonchev–Trinajstić information content (AvgIpc) is 2.46. The number of carboxylic acid groups (broad SMARTS) is 1. The highest BCUT2D eigenvalue weighted by Gasteiger charge is 2.00. The molecule has 106 valence electrons. The minimum Gasteiger partial charge on any atom is -0.478 e. The lowest BCUT2D eigenvalue weighted by atomic mass is 10.2. The molecule has 0 spiro atoms. The Labute approximate surface area is 121 Å². The van der Waals surface area contributed by atoms with Crippen LogP contribution in [0.5, 0.6) is 5.75 Å². The van der Waals surface area contributed by atoms with Crippen molar-refractivity contribution in [3.8, 4) is 5.75 Å². The van der Waals surface area contributed by atoms with Crippen molar-refractivity contribution in [1.29, 1.82) is 0 Å². The molecular formula is C16H13NO4. The maximum absolute atomic E-state index is 10.8. The molecule has 0 heterocycles. The predicted octanol–water partition coefficient (Wildman–Crippen LogP) is 3.06. The molecule has 2 aromatic carbocycles. The van der Waals surface area contributed by atoms with Gasteiger partial charge in [-0.3, -0.25) is 9.79 Å². The van der Waals surface area contributed by atoms with Crippen LogP contribution in [0, 0.1) is 0 Å². The third kappa shape index (κ3) is 4.28. The summed E-state index contributed by atoms with van der Waals surface area (Å²) in [6.45, 7) is 1.34. The van der Waals surface area contributed by atoms with Crippen molar-refractivity contribution in [3.05, 3.63) is 59.7 Å². The Kier molecular flexibility index (Phi) is 4.46. The van der Waals surface area contributed by atoms with E-state index >= 15 is 0 Å². The highest BCUT2D eigenvalue weighted by atomic mass is 16.5. The van der Waals surface area contributed by atoms with Crippen molar-refractivity contribution in [3.63, 3.8) is 0 Å². The number of esters is 1. The molecule has 0 aliphatic carbocycles. The number of benzene rings is 2. The molecule has 1 N–H and O–H groups in total. The Morgan fingerprint density at radius 2 is 1.67 bits per heavy atom. The summed E-state index contributed by atoms with van der Waals surface area (Å²) in [7, 11) is 0. The molecule has 0 unspecified atom stereocenters. The van der Waals surface area contributed by atoms with Crippen LogP contribution >= 0.6 is 0 Å². The number of aliphatic imine (C=N–C) groups is 1. The van der Waals surface area contributed by atoms with Crippen LogP contribution in [-0.4, -0.2) is 23.3 Å². The number of nitrogens with zero attached hydrogens (tertiary/aromatic N) is 1. The van der Waals surface area contributed by atoms with Gasteiger partial charge in [-0.25, -0.2) is 4.79 Å². The standard InChI is InChI=1S/C16H13NO4/c1-11(18)21-15-8-2-12(3-9-15)10-17-14-6-4-13(5-7-14)16(19)20/h2-10H,1H3,(H,19,20). The van der Waals surface area contributed by atoms with Crippen LogP contribution in [0.2, 0.25) is 0 Å². The molecule has 0 radical (unpaired) electrons. The maximum atomic E-state index is 10.8. The second-order valence-corrected chi connectivity index (χ2v) is 4.27. The van der Waals surface area contributed by atoms with Crippen LogP contribution in [0.25, 0.3) is 0 Å². The zero-order valence-corrected chi connectivity index (χ0v) is 11.3. The Bertz CT molecular complexity index is 672. The van der Waals surface area contributed by atoms with Gasteiger partial charge in [0.05, 0.1) is 11.3 Å². The van der Waals surface area contributed by atoms with E-state index in [-0.39, 0.29) is 11.5 Å². The Morgan fingerprint density at radius 1 is 1.05 bits per heavy atom. The van der Waals surface area contributed by atoms with Gasteiger partial charge in [-0.1, -0.05) is 0 Å². The number of rotatable bonds is 4. The van der Waals surface area contributed by atoms with Crippen LogP contribution in [0.4, 0.5) is 5.69 Å². The number of hydrogen-bond acceptors (Lipinski definition) is 4. The largest absolute Gasteiger partial charge is 0.478 e. The summed E-state index contributed by atoms with van der Waals surface area (Å²) in [6.07, 6.45) is 1.65. The number of ether oxygens (including phenoxy) is 1. The van der Waals surface area contributed by atoms with E-state index in [2.05, 4.69) is 4.99 Å².